The van der Waals surface area contributed by atoms with Gasteiger partial charge in [-0.3, -0.25) is 0 Å². The van der Waals surface area contributed by atoms with Crippen LogP contribution in [-0.2, 0) is 0 Å². The summed E-state index contributed by atoms with van der Waals surface area (Å²) < 4.78 is 0. The van der Waals surface area contributed by atoms with Crippen LogP contribution in [0, 0.1) is 0 Å². The van der Waals surface area contributed by atoms with E-state index in [0.29, 0.717) is 0 Å². The van der Waals surface area contributed by atoms with E-state index in [1.165, 1.54) is 0 Å². The number of nitrogens with zero attached hydrogens (tertiary/aromatic N) is 3. The van der Waals surface area contributed by atoms with Gasteiger partial charge < -0.3 is 4.90 Å². The third-order valence-corrected chi connectivity index (χ3v) is 2.95. The Labute approximate surface area is 126 Å². The lowest BCUT2D eigenvalue weighted by molar-refractivity contribution is 0.957. The summed E-state index contributed by atoms with van der Waals surface area (Å²) >= 11 is 0. The summed E-state index contributed by atoms with van der Waals surface area (Å²) in [6.45, 7) is 9.14. The summed E-state index contributed by atoms with van der Waals surface area (Å²) in [5.41, 5.74) is 2.80. The summed E-state index contributed by atoms with van der Waals surface area (Å²) in [5.74, 6) is 0. The molecule has 0 aromatic heterocycles. The molecule has 2 aromatic carbocycles. The Hall–Kier alpha value is -2.68. The average molecular weight is 277 g/mol. The molecule has 21 heavy (non-hydrogen) atoms. The molecule has 0 fully saturated rings. The zero-order valence-corrected chi connectivity index (χ0v) is 12.0. The second-order valence-electron chi connectivity index (χ2n) is 4.53. The van der Waals surface area contributed by atoms with E-state index in [-0.39, 0.29) is 0 Å². The van der Waals surface area contributed by atoms with Crippen molar-refractivity contribution in [3.05, 3.63) is 79.9 Å². The molecule has 3 heteroatoms. The van der Waals surface area contributed by atoms with Crippen LogP contribution in [0.3, 0.4) is 0 Å². The van der Waals surface area contributed by atoms with E-state index in [1.54, 1.807) is 0 Å². The van der Waals surface area contributed by atoms with Gasteiger partial charge in [0.1, 0.15) is 0 Å². The predicted octanol–water partition coefficient (Wildman–Crippen LogP) is 5.28. The van der Waals surface area contributed by atoms with Gasteiger partial charge in [0, 0.05) is 18.8 Å². The van der Waals surface area contributed by atoms with Gasteiger partial charge in [-0.15, -0.1) is 13.2 Å². The molecule has 0 atom stereocenters. The maximum absolute atomic E-state index is 4.24. The van der Waals surface area contributed by atoms with Crippen molar-refractivity contribution < 1.29 is 0 Å². The van der Waals surface area contributed by atoms with Crippen molar-refractivity contribution in [2.24, 2.45) is 10.2 Å². The summed E-state index contributed by atoms with van der Waals surface area (Å²) in [6, 6.07) is 17.7. The Bertz CT molecular complexity index is 590. The summed E-state index contributed by atoms with van der Waals surface area (Å²) in [5, 5.41) is 8.44. The first kappa shape index (κ1) is 14.7. The lowest BCUT2D eigenvalue weighted by Crippen LogP contribution is -2.22. The van der Waals surface area contributed by atoms with Crippen LogP contribution in [0.5, 0.6) is 0 Å². The van der Waals surface area contributed by atoms with Gasteiger partial charge in [0.05, 0.1) is 11.4 Å². The highest BCUT2D eigenvalue weighted by atomic mass is 15.1. The molecule has 0 spiro atoms. The lowest BCUT2D eigenvalue weighted by Gasteiger charge is -2.21. The highest BCUT2D eigenvalue weighted by molar-refractivity contribution is 5.53. The highest BCUT2D eigenvalue weighted by Crippen LogP contribution is 2.22. The van der Waals surface area contributed by atoms with E-state index < -0.39 is 0 Å². The van der Waals surface area contributed by atoms with Crippen LogP contribution in [-0.4, -0.2) is 13.1 Å². The topological polar surface area (TPSA) is 28.0 Å². The van der Waals surface area contributed by atoms with Gasteiger partial charge >= 0.3 is 0 Å². The van der Waals surface area contributed by atoms with Crippen molar-refractivity contribution in [3.8, 4) is 0 Å². The Morgan fingerprint density at radius 3 is 1.81 bits per heavy atom. The van der Waals surface area contributed by atoms with Gasteiger partial charge in [0.25, 0.3) is 0 Å². The fourth-order valence-electron chi connectivity index (χ4n) is 1.94. The number of azo groups is 1. The van der Waals surface area contributed by atoms with Crippen LogP contribution < -0.4 is 4.90 Å². The molecule has 0 aliphatic heterocycles. The van der Waals surface area contributed by atoms with Crippen molar-refractivity contribution >= 4 is 17.1 Å². The number of benzene rings is 2. The molecular weight excluding hydrogens is 258 g/mol. The first-order valence-electron chi connectivity index (χ1n) is 6.87. The molecule has 2 rings (SSSR count). The highest BCUT2D eigenvalue weighted by Gasteiger charge is 2.02. The molecule has 0 radical (unpaired) electrons. The minimum atomic E-state index is 0.789. The molecule has 2 aromatic rings. The largest absolute Gasteiger partial charge is 0.364 e. The standard InChI is InChI=1S/C18H19N3/c1-3-14-21(15-4-2)18-12-10-17(11-13-18)20-19-16-8-6-5-7-9-16/h3-13H,1-2,14-15H2. The smallest absolute Gasteiger partial charge is 0.0858 e. The molecule has 0 amide bonds. The van der Waals surface area contributed by atoms with Gasteiger partial charge in [0.2, 0.25) is 0 Å². The molecule has 0 N–H and O–H groups in total. The van der Waals surface area contributed by atoms with E-state index in [9.17, 15) is 0 Å². The summed E-state index contributed by atoms with van der Waals surface area (Å²) in [6.07, 6.45) is 3.76. The van der Waals surface area contributed by atoms with Crippen LogP contribution in [0.2, 0.25) is 0 Å². The maximum atomic E-state index is 4.24. The van der Waals surface area contributed by atoms with E-state index in [0.717, 1.165) is 30.2 Å². The van der Waals surface area contributed by atoms with E-state index >= 15 is 0 Å². The fraction of sp³-hybridized carbons (Fsp3) is 0.111. The number of anilines is 1. The monoisotopic (exact) mass is 277 g/mol. The van der Waals surface area contributed by atoms with Crippen molar-refractivity contribution in [2.45, 2.75) is 0 Å². The normalized spacial score (nSPS) is 10.5. The zero-order valence-electron chi connectivity index (χ0n) is 12.0. The third-order valence-electron chi connectivity index (χ3n) is 2.95. The number of hydrogen-bond donors (Lipinski definition) is 0. The molecule has 0 saturated heterocycles. The molecule has 106 valence electrons. The van der Waals surface area contributed by atoms with Crippen molar-refractivity contribution in [1.29, 1.82) is 0 Å². The quantitative estimate of drug-likeness (QED) is 0.500. The maximum Gasteiger partial charge on any atom is 0.0858 e. The molecule has 0 bridgehead atoms. The van der Waals surface area contributed by atoms with Crippen LogP contribution in [0.1, 0.15) is 0 Å². The van der Waals surface area contributed by atoms with E-state index in [1.807, 2.05) is 66.7 Å². The lowest BCUT2D eigenvalue weighted by atomic mass is 10.2. The predicted molar refractivity (Wildman–Crippen MR) is 89.7 cm³/mol. The van der Waals surface area contributed by atoms with Crippen molar-refractivity contribution in [2.75, 3.05) is 18.0 Å². The van der Waals surface area contributed by atoms with Gasteiger partial charge in [-0.2, -0.15) is 10.2 Å². The summed E-state index contributed by atoms with van der Waals surface area (Å²) in [4.78, 5) is 2.18. The van der Waals surface area contributed by atoms with Crippen molar-refractivity contribution in [1.82, 2.24) is 0 Å². The van der Waals surface area contributed by atoms with Gasteiger partial charge in [0.15, 0.2) is 0 Å². The molecule has 3 nitrogen and oxygen atoms in total. The summed E-state index contributed by atoms with van der Waals surface area (Å²) in [7, 11) is 0. The van der Waals surface area contributed by atoms with Gasteiger partial charge in [-0.05, 0) is 36.4 Å². The number of hydrogen-bond acceptors (Lipinski definition) is 3. The third kappa shape index (κ3) is 4.42. The second kappa shape index (κ2) is 7.80. The minimum absolute atomic E-state index is 0.789. The van der Waals surface area contributed by atoms with Crippen LogP contribution in [0.4, 0.5) is 17.1 Å². The Morgan fingerprint density at radius 1 is 0.762 bits per heavy atom. The van der Waals surface area contributed by atoms with Gasteiger partial charge in [-0.1, -0.05) is 30.4 Å². The second-order valence-corrected chi connectivity index (χ2v) is 4.53. The Balaban J connectivity index is 2.09. The van der Waals surface area contributed by atoms with Crippen LogP contribution in [0.15, 0.2) is 90.1 Å². The molecular formula is C18H19N3. The molecule has 0 heterocycles. The molecule has 0 aliphatic rings. The zero-order chi connectivity index (χ0) is 14.9. The van der Waals surface area contributed by atoms with E-state index in [4.69, 9.17) is 0 Å². The molecule has 0 unspecified atom stereocenters. The SMILES string of the molecule is C=CCN(CC=C)c1ccc(N=Nc2ccccc2)cc1. The first-order valence-corrected chi connectivity index (χ1v) is 6.87. The first-order chi connectivity index (χ1) is 10.3. The molecule has 0 aliphatic carbocycles. The molecule has 0 saturated carbocycles. The van der Waals surface area contributed by atoms with Crippen LogP contribution in [0.25, 0.3) is 0 Å². The van der Waals surface area contributed by atoms with Crippen LogP contribution >= 0.6 is 0 Å². The number of rotatable bonds is 7. The van der Waals surface area contributed by atoms with E-state index in [2.05, 4.69) is 28.3 Å². The fourth-order valence-corrected chi connectivity index (χ4v) is 1.94. The minimum Gasteiger partial charge on any atom is -0.364 e. The van der Waals surface area contributed by atoms with Crippen molar-refractivity contribution in [3.63, 3.8) is 0 Å². The van der Waals surface area contributed by atoms with Gasteiger partial charge in [-0.25, -0.2) is 0 Å². The Kier molecular flexibility index (Phi) is 5.47. The Morgan fingerprint density at radius 2 is 1.29 bits per heavy atom. The average Bonchev–Trinajstić information content (AvgIpc) is 2.54.